The van der Waals surface area contributed by atoms with Crippen LogP contribution in [0.2, 0.25) is 0 Å². The van der Waals surface area contributed by atoms with Gasteiger partial charge in [0.25, 0.3) is 5.91 Å². The van der Waals surface area contributed by atoms with Crippen molar-refractivity contribution in [3.63, 3.8) is 0 Å². The van der Waals surface area contributed by atoms with Crippen molar-refractivity contribution in [2.75, 3.05) is 5.88 Å². The number of halogens is 1. The van der Waals surface area contributed by atoms with E-state index in [1.807, 2.05) is 6.92 Å². The Balaban J connectivity index is 2.58. The summed E-state index contributed by atoms with van der Waals surface area (Å²) < 4.78 is 0. The van der Waals surface area contributed by atoms with Crippen molar-refractivity contribution in [3.8, 4) is 0 Å². The summed E-state index contributed by atoms with van der Waals surface area (Å²) in [4.78, 5) is 12.7. The second kappa shape index (κ2) is 4.23. The summed E-state index contributed by atoms with van der Waals surface area (Å²) in [6, 6.07) is -0.0591. The van der Waals surface area contributed by atoms with E-state index in [0.717, 1.165) is 0 Å². The molecule has 0 aromatic carbocycles. The van der Waals surface area contributed by atoms with E-state index in [1.165, 1.54) is 11.0 Å². The summed E-state index contributed by atoms with van der Waals surface area (Å²) in [5, 5.41) is 10.3. The van der Waals surface area contributed by atoms with Crippen molar-refractivity contribution in [3.05, 3.63) is 11.9 Å². The van der Waals surface area contributed by atoms with Crippen LogP contribution in [-0.4, -0.2) is 32.8 Å². The fraction of sp³-hybridized carbons (Fsp3) is 0.571. The van der Waals surface area contributed by atoms with Gasteiger partial charge in [-0.15, -0.1) is 16.7 Å². The molecule has 1 unspecified atom stereocenters. The molecule has 1 amide bonds. The van der Waals surface area contributed by atoms with Crippen LogP contribution in [0.5, 0.6) is 0 Å². The zero-order chi connectivity index (χ0) is 9.84. The summed E-state index contributed by atoms with van der Waals surface area (Å²) in [6.45, 7) is 1.82. The largest absolute Gasteiger partial charge is 0.347 e. The van der Waals surface area contributed by atoms with Gasteiger partial charge in [0.15, 0.2) is 5.69 Å². The Morgan fingerprint density at radius 3 is 3.00 bits per heavy atom. The Labute approximate surface area is 81.1 Å². The maximum absolute atomic E-state index is 11.3. The van der Waals surface area contributed by atoms with Crippen LogP contribution in [0.3, 0.4) is 0 Å². The van der Waals surface area contributed by atoms with Gasteiger partial charge in [-0.1, -0.05) is 0 Å². The first kappa shape index (κ1) is 9.98. The molecule has 1 rings (SSSR count). The van der Waals surface area contributed by atoms with Gasteiger partial charge in [-0.3, -0.25) is 4.79 Å². The van der Waals surface area contributed by atoms with E-state index < -0.39 is 0 Å². The molecule has 0 bridgehead atoms. The Morgan fingerprint density at radius 1 is 1.85 bits per heavy atom. The number of hydrogen-bond donors (Lipinski definition) is 1. The quantitative estimate of drug-likeness (QED) is 0.711. The highest BCUT2D eigenvalue weighted by Crippen LogP contribution is 1.93. The first-order chi connectivity index (χ1) is 6.13. The van der Waals surface area contributed by atoms with Crippen LogP contribution < -0.4 is 5.32 Å². The van der Waals surface area contributed by atoms with Gasteiger partial charge >= 0.3 is 0 Å². The Bertz CT molecular complexity index is 298. The molecule has 0 aliphatic carbocycles. The SMILES string of the molecule is CC(CCl)NC(=O)c1cnn(C)n1. The van der Waals surface area contributed by atoms with Crippen LogP contribution in [0.1, 0.15) is 17.4 Å². The standard InChI is InChI=1S/C7H11ClN4O/c1-5(3-8)10-7(13)6-4-9-12(2)11-6/h4-5H,3H2,1-2H3,(H,10,13). The third-order valence-corrected chi connectivity index (χ3v) is 1.90. The normalized spacial score (nSPS) is 12.5. The maximum Gasteiger partial charge on any atom is 0.273 e. The third-order valence-electron chi connectivity index (χ3n) is 1.44. The third kappa shape index (κ3) is 2.69. The van der Waals surface area contributed by atoms with Crippen LogP contribution in [-0.2, 0) is 7.05 Å². The van der Waals surface area contributed by atoms with Crippen molar-refractivity contribution in [1.29, 1.82) is 0 Å². The van der Waals surface area contributed by atoms with Crippen LogP contribution in [0.4, 0.5) is 0 Å². The van der Waals surface area contributed by atoms with Crippen LogP contribution in [0.15, 0.2) is 6.20 Å². The number of amides is 1. The number of aromatic nitrogens is 3. The predicted molar refractivity (Wildman–Crippen MR) is 48.7 cm³/mol. The molecule has 1 heterocycles. The van der Waals surface area contributed by atoms with E-state index in [9.17, 15) is 4.79 Å². The predicted octanol–water partition coefficient (Wildman–Crippen LogP) is 0.172. The molecule has 1 N–H and O–H groups in total. The molecule has 72 valence electrons. The molecular weight excluding hydrogens is 192 g/mol. The van der Waals surface area contributed by atoms with Gasteiger partial charge in [0.1, 0.15) is 0 Å². The van der Waals surface area contributed by atoms with Crippen molar-refractivity contribution < 1.29 is 4.79 Å². The number of carbonyl (C=O) groups is 1. The summed E-state index contributed by atoms with van der Waals surface area (Å²) in [5.74, 6) is 0.132. The van der Waals surface area contributed by atoms with Gasteiger partial charge in [0.05, 0.1) is 6.20 Å². The minimum absolute atomic E-state index is 0.0591. The molecule has 13 heavy (non-hydrogen) atoms. The topological polar surface area (TPSA) is 59.8 Å². The average Bonchev–Trinajstić information content (AvgIpc) is 2.51. The van der Waals surface area contributed by atoms with Crippen molar-refractivity contribution in [2.45, 2.75) is 13.0 Å². The fourth-order valence-electron chi connectivity index (χ4n) is 0.786. The lowest BCUT2D eigenvalue weighted by molar-refractivity contribution is 0.0938. The number of hydrogen-bond acceptors (Lipinski definition) is 3. The smallest absolute Gasteiger partial charge is 0.273 e. The lowest BCUT2D eigenvalue weighted by Crippen LogP contribution is -2.33. The number of carbonyl (C=O) groups excluding carboxylic acids is 1. The molecule has 0 saturated carbocycles. The number of aryl methyl sites for hydroxylation is 1. The van der Waals surface area contributed by atoms with Gasteiger partial charge in [-0.2, -0.15) is 9.90 Å². The first-order valence-electron chi connectivity index (χ1n) is 3.86. The van der Waals surface area contributed by atoms with Crippen LogP contribution >= 0.6 is 11.6 Å². The Kier molecular flexibility index (Phi) is 3.25. The molecule has 1 atom stereocenters. The fourth-order valence-corrected chi connectivity index (χ4v) is 0.863. The summed E-state index contributed by atoms with van der Waals surface area (Å²) in [6.07, 6.45) is 1.41. The van der Waals surface area contributed by atoms with E-state index in [-0.39, 0.29) is 11.9 Å². The molecule has 0 fully saturated rings. The minimum Gasteiger partial charge on any atom is -0.347 e. The van der Waals surface area contributed by atoms with Crippen LogP contribution in [0, 0.1) is 0 Å². The molecule has 0 saturated heterocycles. The lowest BCUT2D eigenvalue weighted by Gasteiger charge is -2.07. The van der Waals surface area contributed by atoms with Gasteiger partial charge in [-0.05, 0) is 6.92 Å². The van der Waals surface area contributed by atoms with Crippen molar-refractivity contribution in [1.82, 2.24) is 20.3 Å². The highest BCUT2D eigenvalue weighted by molar-refractivity contribution is 6.18. The summed E-state index contributed by atoms with van der Waals surface area (Å²) >= 11 is 5.53. The average molecular weight is 203 g/mol. The van der Waals surface area contributed by atoms with Gasteiger partial charge in [-0.25, -0.2) is 0 Å². The number of alkyl halides is 1. The van der Waals surface area contributed by atoms with E-state index in [0.29, 0.717) is 11.6 Å². The molecule has 0 radical (unpaired) electrons. The summed E-state index contributed by atoms with van der Waals surface area (Å²) in [5.41, 5.74) is 0.305. The van der Waals surface area contributed by atoms with Crippen molar-refractivity contribution >= 4 is 17.5 Å². The highest BCUT2D eigenvalue weighted by atomic mass is 35.5. The van der Waals surface area contributed by atoms with Crippen LogP contribution in [0.25, 0.3) is 0 Å². The minimum atomic E-state index is -0.249. The number of rotatable bonds is 3. The van der Waals surface area contributed by atoms with E-state index in [1.54, 1.807) is 7.05 Å². The molecule has 1 aromatic heterocycles. The van der Waals surface area contributed by atoms with Crippen molar-refractivity contribution in [2.24, 2.45) is 7.05 Å². The second-order valence-corrected chi connectivity index (χ2v) is 3.06. The molecule has 1 aromatic rings. The van der Waals surface area contributed by atoms with E-state index in [2.05, 4.69) is 15.5 Å². The molecule has 0 aliphatic rings. The Hall–Kier alpha value is -1.10. The molecular formula is C7H11ClN4O. The van der Waals surface area contributed by atoms with E-state index in [4.69, 9.17) is 11.6 Å². The van der Waals surface area contributed by atoms with E-state index >= 15 is 0 Å². The molecule has 0 aliphatic heterocycles. The second-order valence-electron chi connectivity index (χ2n) is 2.75. The first-order valence-corrected chi connectivity index (χ1v) is 4.40. The zero-order valence-electron chi connectivity index (χ0n) is 7.49. The zero-order valence-corrected chi connectivity index (χ0v) is 8.25. The molecule has 0 spiro atoms. The Morgan fingerprint density at radius 2 is 2.54 bits per heavy atom. The molecule has 5 nitrogen and oxygen atoms in total. The number of nitrogens with zero attached hydrogens (tertiary/aromatic N) is 3. The monoisotopic (exact) mass is 202 g/mol. The van der Waals surface area contributed by atoms with Gasteiger partial charge in [0, 0.05) is 19.0 Å². The number of nitrogens with one attached hydrogen (secondary N) is 1. The summed E-state index contributed by atoms with van der Waals surface area (Å²) in [7, 11) is 1.65. The molecule has 6 heteroatoms. The highest BCUT2D eigenvalue weighted by Gasteiger charge is 2.11. The van der Waals surface area contributed by atoms with Gasteiger partial charge in [0.2, 0.25) is 0 Å². The lowest BCUT2D eigenvalue weighted by atomic mass is 10.3. The maximum atomic E-state index is 11.3. The van der Waals surface area contributed by atoms with Gasteiger partial charge < -0.3 is 5.32 Å².